The van der Waals surface area contributed by atoms with E-state index in [-0.39, 0.29) is 10.1 Å². The van der Waals surface area contributed by atoms with E-state index < -0.39 is 10.0 Å². The highest BCUT2D eigenvalue weighted by atomic mass is 35.5. The molecule has 8 nitrogen and oxygen atoms in total. The van der Waals surface area contributed by atoms with E-state index >= 15 is 0 Å². The molecule has 1 amide bonds. The number of anilines is 1. The highest BCUT2D eigenvalue weighted by Gasteiger charge is 2.16. The minimum Gasteiger partial charge on any atom is -0.439 e. The van der Waals surface area contributed by atoms with Crippen LogP contribution in [0.5, 0.6) is 11.6 Å². The Morgan fingerprint density at radius 3 is 2.50 bits per heavy atom. The normalized spacial score (nSPS) is 11.1. The van der Waals surface area contributed by atoms with Crippen molar-refractivity contribution in [3.05, 3.63) is 64.6 Å². The molecule has 1 aromatic carbocycles. The second-order valence-electron chi connectivity index (χ2n) is 5.92. The number of hydrogen-bond donors (Lipinski definition) is 2. The number of halogens is 1. The highest BCUT2D eigenvalue weighted by molar-refractivity contribution is 7.94. The van der Waals surface area contributed by atoms with Gasteiger partial charge in [0, 0.05) is 31.6 Å². The Labute approximate surface area is 182 Å². The van der Waals surface area contributed by atoms with Crippen molar-refractivity contribution in [1.29, 1.82) is 0 Å². The first-order chi connectivity index (χ1) is 14.4. The van der Waals surface area contributed by atoms with Crippen molar-refractivity contribution in [2.75, 3.05) is 25.0 Å². The molecule has 0 aliphatic carbocycles. The van der Waals surface area contributed by atoms with E-state index in [0.717, 1.165) is 11.3 Å². The summed E-state index contributed by atoms with van der Waals surface area (Å²) in [5.74, 6) is 0.502. The molecule has 0 aliphatic heterocycles. The number of hydrogen-bond acceptors (Lipinski definition) is 7. The van der Waals surface area contributed by atoms with Gasteiger partial charge in [-0.3, -0.25) is 9.52 Å². The van der Waals surface area contributed by atoms with Crippen molar-refractivity contribution in [3.8, 4) is 11.6 Å². The van der Waals surface area contributed by atoms with Crippen LogP contribution >= 0.6 is 22.9 Å². The lowest BCUT2D eigenvalue weighted by Gasteiger charge is -2.09. The van der Waals surface area contributed by atoms with Gasteiger partial charge in [0.05, 0.1) is 16.5 Å². The van der Waals surface area contributed by atoms with Crippen molar-refractivity contribution >= 4 is 44.6 Å². The van der Waals surface area contributed by atoms with Gasteiger partial charge in [-0.05, 0) is 42.5 Å². The van der Waals surface area contributed by atoms with Crippen LogP contribution in [0, 0.1) is 0 Å². The first-order valence-corrected chi connectivity index (χ1v) is 11.3. The summed E-state index contributed by atoms with van der Waals surface area (Å²) in [5.41, 5.74) is 0.778. The SMILES string of the molecule is COCCNC(=O)c1ccc(Oc2ccc(NS(=O)(=O)c3ccc(Cl)s3)cc2)nc1. The summed E-state index contributed by atoms with van der Waals surface area (Å²) in [4.78, 5) is 16.0. The number of thiophene rings is 1. The molecule has 0 unspecified atom stereocenters. The summed E-state index contributed by atoms with van der Waals surface area (Å²) in [5, 5.41) is 2.70. The van der Waals surface area contributed by atoms with Crippen LogP contribution in [0.25, 0.3) is 0 Å². The number of ether oxygens (including phenoxy) is 2. The quantitative estimate of drug-likeness (QED) is 0.464. The molecule has 30 heavy (non-hydrogen) atoms. The molecule has 0 fully saturated rings. The van der Waals surface area contributed by atoms with Crippen molar-refractivity contribution in [1.82, 2.24) is 10.3 Å². The fourth-order valence-corrected chi connectivity index (χ4v) is 4.84. The van der Waals surface area contributed by atoms with E-state index in [1.165, 1.54) is 18.3 Å². The van der Waals surface area contributed by atoms with Crippen LogP contribution in [0.2, 0.25) is 4.34 Å². The second kappa shape index (κ2) is 9.90. The summed E-state index contributed by atoms with van der Waals surface area (Å²) in [7, 11) is -2.14. The van der Waals surface area contributed by atoms with Crippen LogP contribution in [-0.2, 0) is 14.8 Å². The van der Waals surface area contributed by atoms with Gasteiger partial charge in [0.15, 0.2) is 0 Å². The zero-order valence-electron chi connectivity index (χ0n) is 15.8. The Morgan fingerprint density at radius 2 is 1.90 bits per heavy atom. The average molecular weight is 468 g/mol. The van der Waals surface area contributed by atoms with Gasteiger partial charge >= 0.3 is 0 Å². The number of carbonyl (C=O) groups is 1. The summed E-state index contributed by atoms with van der Waals surface area (Å²) in [6.45, 7) is 0.830. The van der Waals surface area contributed by atoms with Crippen molar-refractivity contribution in [3.63, 3.8) is 0 Å². The lowest BCUT2D eigenvalue weighted by Crippen LogP contribution is -2.26. The minimum absolute atomic E-state index is 0.128. The third-order valence-corrected chi connectivity index (χ3v) is 6.84. The smallest absolute Gasteiger partial charge is 0.271 e. The van der Waals surface area contributed by atoms with Crippen molar-refractivity contribution < 1.29 is 22.7 Å². The number of sulfonamides is 1. The van der Waals surface area contributed by atoms with Crippen LogP contribution in [-0.4, -0.2) is 39.6 Å². The van der Waals surface area contributed by atoms with E-state index in [1.807, 2.05) is 0 Å². The Morgan fingerprint density at radius 1 is 1.13 bits per heavy atom. The number of pyridine rings is 1. The molecular weight excluding hydrogens is 450 g/mol. The summed E-state index contributed by atoms with van der Waals surface area (Å²) in [6.07, 6.45) is 1.41. The lowest BCUT2D eigenvalue weighted by atomic mass is 10.2. The van der Waals surface area contributed by atoms with Gasteiger partial charge in [0.25, 0.3) is 15.9 Å². The molecular formula is C19H18ClN3O5S2. The van der Waals surface area contributed by atoms with Crippen molar-refractivity contribution in [2.45, 2.75) is 4.21 Å². The number of methoxy groups -OCH3 is 1. The molecule has 0 spiro atoms. The van der Waals surface area contributed by atoms with E-state index in [9.17, 15) is 13.2 Å². The number of benzene rings is 1. The highest BCUT2D eigenvalue weighted by Crippen LogP contribution is 2.28. The molecule has 0 atom stereocenters. The van der Waals surface area contributed by atoms with Gasteiger partial charge in [-0.15, -0.1) is 11.3 Å². The van der Waals surface area contributed by atoms with Crippen LogP contribution < -0.4 is 14.8 Å². The molecule has 0 radical (unpaired) electrons. The zero-order chi connectivity index (χ0) is 21.6. The van der Waals surface area contributed by atoms with Crippen LogP contribution in [0.15, 0.2) is 58.9 Å². The Hall–Kier alpha value is -2.66. The van der Waals surface area contributed by atoms with Gasteiger partial charge in [0.1, 0.15) is 9.96 Å². The van der Waals surface area contributed by atoms with Gasteiger partial charge in [-0.25, -0.2) is 13.4 Å². The Balaban J connectivity index is 1.59. The number of rotatable bonds is 9. The third-order valence-electron chi connectivity index (χ3n) is 3.73. The maximum Gasteiger partial charge on any atom is 0.271 e. The number of nitrogens with zero attached hydrogens (tertiary/aromatic N) is 1. The molecule has 0 aliphatic rings. The van der Waals surface area contributed by atoms with Crippen LogP contribution in [0.3, 0.4) is 0 Å². The largest absolute Gasteiger partial charge is 0.439 e. The summed E-state index contributed by atoms with van der Waals surface area (Å²) in [6, 6.07) is 12.5. The number of carbonyl (C=O) groups excluding carboxylic acids is 1. The maximum atomic E-state index is 12.3. The van der Waals surface area contributed by atoms with Gasteiger partial charge < -0.3 is 14.8 Å². The second-order valence-corrected chi connectivity index (χ2v) is 9.55. The predicted molar refractivity (Wildman–Crippen MR) is 115 cm³/mol. The molecule has 3 rings (SSSR count). The summed E-state index contributed by atoms with van der Waals surface area (Å²) >= 11 is 6.77. The van der Waals surface area contributed by atoms with Crippen LogP contribution in [0.4, 0.5) is 5.69 Å². The molecule has 2 N–H and O–H groups in total. The fourth-order valence-electron chi connectivity index (χ4n) is 2.30. The molecule has 2 aromatic heterocycles. The van der Waals surface area contributed by atoms with Crippen molar-refractivity contribution in [2.24, 2.45) is 0 Å². The van der Waals surface area contributed by atoms with Gasteiger partial charge in [-0.1, -0.05) is 11.6 Å². The number of amides is 1. The first kappa shape index (κ1) is 22.0. The Kier molecular flexibility index (Phi) is 7.27. The number of nitrogens with one attached hydrogen (secondary N) is 2. The van der Waals surface area contributed by atoms with E-state index in [2.05, 4.69) is 15.0 Å². The van der Waals surface area contributed by atoms with Gasteiger partial charge in [-0.2, -0.15) is 0 Å². The molecule has 0 saturated carbocycles. The molecule has 0 bridgehead atoms. The monoisotopic (exact) mass is 467 g/mol. The first-order valence-electron chi connectivity index (χ1n) is 8.66. The zero-order valence-corrected chi connectivity index (χ0v) is 18.2. The Bertz CT molecular complexity index is 1100. The van der Waals surface area contributed by atoms with Gasteiger partial charge in [0.2, 0.25) is 5.88 Å². The van der Waals surface area contributed by atoms with Crippen LogP contribution in [0.1, 0.15) is 10.4 Å². The molecule has 3 aromatic rings. The predicted octanol–water partition coefficient (Wildman–Crippen LogP) is 3.77. The fraction of sp³-hybridized carbons (Fsp3) is 0.158. The maximum absolute atomic E-state index is 12.3. The lowest BCUT2D eigenvalue weighted by molar-refractivity contribution is 0.0936. The molecule has 158 valence electrons. The number of aromatic nitrogens is 1. The third kappa shape index (κ3) is 5.92. The van der Waals surface area contributed by atoms with E-state index in [0.29, 0.717) is 40.4 Å². The standard InChI is InChI=1S/C19H18ClN3O5S2/c1-27-11-10-21-19(24)13-2-8-17(22-12-13)28-15-5-3-14(4-6-15)23-30(25,26)18-9-7-16(20)29-18/h2-9,12,23H,10-11H2,1H3,(H,21,24). The van der Waals surface area contributed by atoms with E-state index in [1.54, 1.807) is 43.5 Å². The molecule has 0 saturated heterocycles. The minimum atomic E-state index is -3.70. The average Bonchev–Trinajstić information content (AvgIpc) is 3.17. The molecule has 11 heteroatoms. The topological polar surface area (TPSA) is 107 Å². The summed E-state index contributed by atoms with van der Waals surface area (Å²) < 4.78 is 38.2. The van der Waals surface area contributed by atoms with E-state index in [4.69, 9.17) is 21.1 Å². The molecule has 2 heterocycles.